The highest BCUT2D eigenvalue weighted by molar-refractivity contribution is 7.89. The number of sulfonamides is 1. The molecule has 0 radical (unpaired) electrons. The Labute approximate surface area is 142 Å². The molecule has 0 unspecified atom stereocenters. The number of piperazine rings is 1. The van der Waals surface area contributed by atoms with E-state index in [1.165, 1.54) is 35.5 Å². The quantitative estimate of drug-likeness (QED) is 0.862. The molecule has 0 atom stereocenters. The number of carbonyl (C=O) groups is 2. The van der Waals surface area contributed by atoms with Crippen molar-refractivity contribution in [2.24, 2.45) is 0 Å². The van der Waals surface area contributed by atoms with Crippen molar-refractivity contribution in [3.63, 3.8) is 0 Å². The van der Waals surface area contributed by atoms with Gasteiger partial charge in [0.05, 0.1) is 4.90 Å². The van der Waals surface area contributed by atoms with Crippen LogP contribution in [0.5, 0.6) is 0 Å². The molecule has 0 aliphatic carbocycles. The van der Waals surface area contributed by atoms with E-state index >= 15 is 0 Å². The van der Waals surface area contributed by atoms with Crippen molar-refractivity contribution in [3.05, 3.63) is 29.8 Å². The molecule has 1 aliphatic heterocycles. The maximum atomic E-state index is 12.6. The predicted octanol–water partition coefficient (Wildman–Crippen LogP) is 0.678. The van der Waals surface area contributed by atoms with Gasteiger partial charge in [-0.25, -0.2) is 8.42 Å². The molecule has 0 aromatic heterocycles. The molecule has 0 bridgehead atoms. The Kier molecular flexibility index (Phi) is 5.61. The van der Waals surface area contributed by atoms with E-state index in [2.05, 4.69) is 5.32 Å². The van der Waals surface area contributed by atoms with Crippen LogP contribution in [0.3, 0.4) is 0 Å². The number of amides is 2. The van der Waals surface area contributed by atoms with Crippen LogP contribution in [0.25, 0.3) is 0 Å². The zero-order valence-electron chi connectivity index (χ0n) is 14.2. The van der Waals surface area contributed by atoms with Gasteiger partial charge in [0.25, 0.3) is 5.91 Å². The molecular formula is C16H23N3O4S. The fraction of sp³-hybridized carbons (Fsp3) is 0.500. The number of nitrogens with zero attached hydrogens (tertiary/aromatic N) is 2. The summed E-state index contributed by atoms with van der Waals surface area (Å²) in [5, 5.41) is 2.76. The summed E-state index contributed by atoms with van der Waals surface area (Å²) in [5.74, 6) is -0.281. The van der Waals surface area contributed by atoms with Crippen molar-refractivity contribution in [1.82, 2.24) is 14.5 Å². The number of rotatable bonds is 4. The summed E-state index contributed by atoms with van der Waals surface area (Å²) in [6.45, 7) is 6.53. The van der Waals surface area contributed by atoms with E-state index in [0.717, 1.165) is 0 Å². The second-order valence-electron chi connectivity index (χ2n) is 6.06. The van der Waals surface area contributed by atoms with Crippen LogP contribution in [0.4, 0.5) is 0 Å². The van der Waals surface area contributed by atoms with Crippen molar-refractivity contribution in [3.8, 4) is 0 Å². The molecule has 2 amide bonds. The average molecular weight is 353 g/mol. The molecule has 1 aromatic carbocycles. The van der Waals surface area contributed by atoms with Crippen molar-refractivity contribution < 1.29 is 18.0 Å². The lowest BCUT2D eigenvalue weighted by Crippen LogP contribution is -2.49. The van der Waals surface area contributed by atoms with Crippen molar-refractivity contribution in [2.75, 3.05) is 26.2 Å². The molecule has 0 saturated carbocycles. The first kappa shape index (κ1) is 18.4. The van der Waals surface area contributed by atoms with Crippen LogP contribution in [0.15, 0.2) is 29.2 Å². The first-order chi connectivity index (χ1) is 11.2. The van der Waals surface area contributed by atoms with Crippen LogP contribution in [-0.2, 0) is 14.8 Å². The van der Waals surface area contributed by atoms with Gasteiger partial charge in [-0.1, -0.05) is 0 Å². The molecule has 1 saturated heterocycles. The molecule has 0 spiro atoms. The van der Waals surface area contributed by atoms with Gasteiger partial charge in [0.1, 0.15) is 0 Å². The number of hydrogen-bond donors (Lipinski definition) is 1. The lowest BCUT2D eigenvalue weighted by molar-refractivity contribution is -0.129. The summed E-state index contributed by atoms with van der Waals surface area (Å²) in [6, 6.07) is 5.93. The van der Waals surface area contributed by atoms with Gasteiger partial charge in [0.2, 0.25) is 15.9 Å². The van der Waals surface area contributed by atoms with Gasteiger partial charge in [0.15, 0.2) is 0 Å². The monoisotopic (exact) mass is 353 g/mol. The molecule has 24 heavy (non-hydrogen) atoms. The van der Waals surface area contributed by atoms with Crippen LogP contribution in [0.2, 0.25) is 0 Å². The van der Waals surface area contributed by atoms with Gasteiger partial charge in [-0.3, -0.25) is 9.59 Å². The van der Waals surface area contributed by atoms with Crippen molar-refractivity contribution in [1.29, 1.82) is 0 Å². The normalized spacial score (nSPS) is 16.2. The second kappa shape index (κ2) is 7.31. The Bertz CT molecular complexity index is 705. The Morgan fingerprint density at radius 1 is 1.04 bits per heavy atom. The minimum absolute atomic E-state index is 0.0125. The van der Waals surface area contributed by atoms with Gasteiger partial charge in [-0.05, 0) is 38.1 Å². The van der Waals surface area contributed by atoms with Crippen LogP contribution < -0.4 is 5.32 Å². The van der Waals surface area contributed by atoms with Gasteiger partial charge >= 0.3 is 0 Å². The summed E-state index contributed by atoms with van der Waals surface area (Å²) < 4.78 is 26.7. The lowest BCUT2D eigenvalue weighted by atomic mass is 10.2. The summed E-state index contributed by atoms with van der Waals surface area (Å²) in [6.07, 6.45) is 0. The summed E-state index contributed by atoms with van der Waals surface area (Å²) in [5.41, 5.74) is 0.420. The third-order valence-electron chi connectivity index (χ3n) is 3.86. The van der Waals surface area contributed by atoms with Crippen LogP contribution in [-0.4, -0.2) is 61.7 Å². The van der Waals surface area contributed by atoms with Crippen LogP contribution in [0, 0.1) is 0 Å². The molecule has 7 nitrogen and oxygen atoms in total. The maximum absolute atomic E-state index is 12.6. The molecule has 2 rings (SSSR count). The van der Waals surface area contributed by atoms with Gasteiger partial charge in [-0.2, -0.15) is 4.31 Å². The number of hydrogen-bond acceptors (Lipinski definition) is 4. The van der Waals surface area contributed by atoms with Gasteiger partial charge in [-0.15, -0.1) is 0 Å². The van der Waals surface area contributed by atoms with Gasteiger partial charge in [0, 0.05) is 44.7 Å². The van der Waals surface area contributed by atoms with E-state index in [1.54, 1.807) is 4.90 Å². The van der Waals surface area contributed by atoms with Gasteiger partial charge < -0.3 is 10.2 Å². The molecule has 1 aliphatic rings. The highest BCUT2D eigenvalue weighted by Gasteiger charge is 2.29. The SMILES string of the molecule is CC(=O)N1CCN(S(=O)(=O)c2ccc(C(=O)NC(C)C)cc2)CC1. The summed E-state index contributed by atoms with van der Waals surface area (Å²) in [7, 11) is -3.61. The molecule has 8 heteroatoms. The first-order valence-electron chi connectivity index (χ1n) is 7.88. The van der Waals surface area contributed by atoms with E-state index in [1.807, 2.05) is 13.8 Å². The number of nitrogens with one attached hydrogen (secondary N) is 1. The van der Waals surface area contributed by atoms with Crippen LogP contribution >= 0.6 is 0 Å². The van der Waals surface area contributed by atoms with E-state index in [4.69, 9.17) is 0 Å². The first-order valence-corrected chi connectivity index (χ1v) is 9.32. The van der Waals surface area contributed by atoms with Crippen LogP contribution in [0.1, 0.15) is 31.1 Å². The molecular weight excluding hydrogens is 330 g/mol. The zero-order chi connectivity index (χ0) is 17.9. The largest absolute Gasteiger partial charge is 0.350 e. The second-order valence-corrected chi connectivity index (χ2v) is 8.00. The third-order valence-corrected chi connectivity index (χ3v) is 5.77. The molecule has 1 aromatic rings. The summed E-state index contributed by atoms with van der Waals surface area (Å²) >= 11 is 0. The summed E-state index contributed by atoms with van der Waals surface area (Å²) in [4.78, 5) is 25.0. The molecule has 1 fully saturated rings. The predicted molar refractivity (Wildman–Crippen MR) is 90.1 cm³/mol. The Balaban J connectivity index is 2.10. The highest BCUT2D eigenvalue weighted by Crippen LogP contribution is 2.18. The minimum atomic E-state index is -3.61. The fourth-order valence-electron chi connectivity index (χ4n) is 2.52. The Morgan fingerprint density at radius 3 is 2.04 bits per heavy atom. The smallest absolute Gasteiger partial charge is 0.251 e. The fourth-order valence-corrected chi connectivity index (χ4v) is 3.94. The van der Waals surface area contributed by atoms with Crippen molar-refractivity contribution in [2.45, 2.75) is 31.7 Å². The van der Waals surface area contributed by atoms with E-state index in [9.17, 15) is 18.0 Å². The molecule has 1 N–H and O–H groups in total. The minimum Gasteiger partial charge on any atom is -0.350 e. The van der Waals surface area contributed by atoms with E-state index in [0.29, 0.717) is 18.7 Å². The average Bonchev–Trinajstić information content (AvgIpc) is 2.54. The van der Waals surface area contributed by atoms with E-state index < -0.39 is 10.0 Å². The zero-order valence-corrected chi connectivity index (χ0v) is 15.0. The Morgan fingerprint density at radius 2 is 1.58 bits per heavy atom. The number of carbonyl (C=O) groups excluding carboxylic acids is 2. The standard InChI is InChI=1S/C16H23N3O4S/c1-12(2)17-16(21)14-4-6-15(7-5-14)24(22,23)19-10-8-18(9-11-19)13(3)20/h4-7,12H,8-11H2,1-3H3,(H,17,21). The Hall–Kier alpha value is -1.93. The highest BCUT2D eigenvalue weighted by atomic mass is 32.2. The third kappa shape index (κ3) is 4.12. The number of benzene rings is 1. The topological polar surface area (TPSA) is 86.8 Å². The lowest BCUT2D eigenvalue weighted by Gasteiger charge is -2.33. The molecule has 1 heterocycles. The van der Waals surface area contributed by atoms with E-state index in [-0.39, 0.29) is 35.8 Å². The van der Waals surface area contributed by atoms with Crippen molar-refractivity contribution >= 4 is 21.8 Å². The molecule has 132 valence electrons. The maximum Gasteiger partial charge on any atom is 0.251 e.